The van der Waals surface area contributed by atoms with Crippen molar-refractivity contribution in [2.24, 2.45) is 5.92 Å². The Kier molecular flexibility index (Phi) is 3.20. The summed E-state index contributed by atoms with van der Waals surface area (Å²) < 4.78 is 5.12. The van der Waals surface area contributed by atoms with E-state index in [4.69, 9.17) is 9.72 Å². The van der Waals surface area contributed by atoms with Gasteiger partial charge in [0.2, 0.25) is 0 Å². The monoisotopic (exact) mass is 255 g/mol. The predicted octanol–water partition coefficient (Wildman–Crippen LogP) is 2.90. The summed E-state index contributed by atoms with van der Waals surface area (Å²) in [5, 5.41) is 1.14. The minimum Gasteiger partial charge on any atom is -0.466 e. The number of benzene rings is 1. The molecular weight excluding hydrogens is 238 g/mol. The van der Waals surface area contributed by atoms with Gasteiger partial charge in [-0.15, -0.1) is 0 Å². The number of rotatable bonds is 2. The summed E-state index contributed by atoms with van der Waals surface area (Å²) in [5.41, 5.74) is 3.37. The number of nitrogens with zero attached hydrogens (tertiary/aromatic N) is 1. The number of para-hydroxylation sites is 1. The summed E-state index contributed by atoms with van der Waals surface area (Å²) in [6.45, 7) is 2.31. The number of aromatic nitrogens is 1. The molecule has 0 aliphatic heterocycles. The molecule has 3 heteroatoms. The highest BCUT2D eigenvalue weighted by Crippen LogP contribution is 2.28. The lowest BCUT2D eigenvalue weighted by Gasteiger charge is -2.22. The minimum atomic E-state index is -0.0682. The molecule has 0 bridgehead atoms. The molecule has 98 valence electrons. The van der Waals surface area contributed by atoms with E-state index in [0.717, 1.165) is 35.9 Å². The molecule has 3 nitrogen and oxygen atoms in total. The molecule has 1 aromatic heterocycles. The Morgan fingerprint density at radius 2 is 2.26 bits per heavy atom. The van der Waals surface area contributed by atoms with Crippen LogP contribution in [0.25, 0.3) is 10.9 Å². The Balaban J connectivity index is 1.92. The van der Waals surface area contributed by atoms with E-state index in [1.165, 1.54) is 5.56 Å². The number of carbonyl (C=O) groups is 1. The van der Waals surface area contributed by atoms with Crippen LogP contribution in [0.5, 0.6) is 0 Å². The first kappa shape index (κ1) is 12.2. The van der Waals surface area contributed by atoms with Gasteiger partial charge < -0.3 is 4.74 Å². The highest BCUT2D eigenvalue weighted by atomic mass is 16.5. The van der Waals surface area contributed by atoms with Gasteiger partial charge >= 0.3 is 5.97 Å². The molecule has 3 rings (SSSR count). The first-order chi connectivity index (χ1) is 9.28. The molecule has 0 radical (unpaired) electrons. The lowest BCUT2D eigenvalue weighted by Crippen LogP contribution is -2.25. The first-order valence-corrected chi connectivity index (χ1v) is 6.82. The van der Waals surface area contributed by atoms with Crippen LogP contribution in [-0.2, 0) is 22.4 Å². The van der Waals surface area contributed by atoms with Crippen LogP contribution >= 0.6 is 0 Å². The molecule has 1 aliphatic carbocycles. The maximum absolute atomic E-state index is 11.8. The molecule has 0 spiro atoms. The highest BCUT2D eigenvalue weighted by Gasteiger charge is 2.26. The Morgan fingerprint density at radius 3 is 3.11 bits per heavy atom. The van der Waals surface area contributed by atoms with Crippen molar-refractivity contribution in [1.29, 1.82) is 0 Å². The summed E-state index contributed by atoms with van der Waals surface area (Å²) in [7, 11) is 0. The van der Waals surface area contributed by atoms with Crippen LogP contribution in [0, 0.1) is 5.92 Å². The number of hydrogen-bond acceptors (Lipinski definition) is 3. The van der Waals surface area contributed by atoms with Crippen molar-refractivity contribution in [3.05, 3.63) is 41.6 Å². The van der Waals surface area contributed by atoms with Crippen molar-refractivity contribution in [2.75, 3.05) is 6.61 Å². The minimum absolute atomic E-state index is 0.00425. The Labute approximate surface area is 112 Å². The van der Waals surface area contributed by atoms with Crippen molar-refractivity contribution < 1.29 is 9.53 Å². The van der Waals surface area contributed by atoms with E-state index in [1.54, 1.807) is 0 Å². The van der Waals surface area contributed by atoms with Gasteiger partial charge in [0.25, 0.3) is 0 Å². The molecule has 0 fully saturated rings. The molecule has 1 heterocycles. The van der Waals surface area contributed by atoms with Gasteiger partial charge in [-0.05, 0) is 43.9 Å². The fourth-order valence-corrected chi connectivity index (χ4v) is 2.73. The van der Waals surface area contributed by atoms with Crippen molar-refractivity contribution in [1.82, 2.24) is 4.98 Å². The number of carbonyl (C=O) groups excluding carboxylic acids is 1. The first-order valence-electron chi connectivity index (χ1n) is 6.82. The number of pyridine rings is 1. The van der Waals surface area contributed by atoms with Crippen LogP contribution in [-0.4, -0.2) is 17.6 Å². The molecule has 0 amide bonds. The lowest BCUT2D eigenvalue weighted by molar-refractivity contribution is -0.148. The van der Waals surface area contributed by atoms with Crippen LogP contribution in [0.3, 0.4) is 0 Å². The fraction of sp³-hybridized carbons (Fsp3) is 0.375. The fourth-order valence-electron chi connectivity index (χ4n) is 2.73. The summed E-state index contributed by atoms with van der Waals surface area (Å²) in [6, 6.07) is 10.3. The maximum Gasteiger partial charge on any atom is 0.309 e. The van der Waals surface area contributed by atoms with Gasteiger partial charge in [0.15, 0.2) is 0 Å². The molecule has 2 aromatic rings. The number of fused-ring (bicyclic) bond motifs is 2. The lowest BCUT2D eigenvalue weighted by atomic mass is 9.86. The molecular formula is C16H17NO2. The number of hydrogen-bond donors (Lipinski definition) is 0. The zero-order chi connectivity index (χ0) is 13.2. The van der Waals surface area contributed by atoms with E-state index >= 15 is 0 Å². The van der Waals surface area contributed by atoms with Crippen LogP contribution in [0.1, 0.15) is 24.6 Å². The van der Waals surface area contributed by atoms with E-state index in [9.17, 15) is 4.79 Å². The second-order valence-electron chi connectivity index (χ2n) is 4.98. The molecule has 1 atom stereocenters. The van der Waals surface area contributed by atoms with Crippen LogP contribution in [0.4, 0.5) is 0 Å². The van der Waals surface area contributed by atoms with E-state index in [1.807, 2.05) is 25.1 Å². The van der Waals surface area contributed by atoms with E-state index in [-0.39, 0.29) is 11.9 Å². The molecule has 0 saturated heterocycles. The second kappa shape index (κ2) is 5.00. The number of ether oxygens (including phenoxy) is 1. The average Bonchev–Trinajstić information content (AvgIpc) is 2.44. The van der Waals surface area contributed by atoms with Gasteiger partial charge in [-0.25, -0.2) is 0 Å². The van der Waals surface area contributed by atoms with Gasteiger partial charge in [-0.2, -0.15) is 0 Å². The van der Waals surface area contributed by atoms with Crippen molar-refractivity contribution in [2.45, 2.75) is 26.2 Å². The Hall–Kier alpha value is -1.90. The topological polar surface area (TPSA) is 39.2 Å². The molecule has 0 saturated carbocycles. The SMILES string of the molecule is CCOC(=O)[C@H]1CCc2nc3ccccc3cc2C1. The van der Waals surface area contributed by atoms with Gasteiger partial charge in [0, 0.05) is 11.1 Å². The highest BCUT2D eigenvalue weighted by molar-refractivity contribution is 5.80. The third-order valence-electron chi connectivity index (χ3n) is 3.71. The van der Waals surface area contributed by atoms with Crippen molar-refractivity contribution in [3.8, 4) is 0 Å². The number of esters is 1. The summed E-state index contributed by atoms with van der Waals surface area (Å²) in [4.78, 5) is 16.5. The summed E-state index contributed by atoms with van der Waals surface area (Å²) in [6.07, 6.45) is 2.47. The van der Waals surface area contributed by atoms with Crippen LogP contribution in [0.2, 0.25) is 0 Å². The summed E-state index contributed by atoms with van der Waals surface area (Å²) in [5.74, 6) is -0.0725. The maximum atomic E-state index is 11.8. The van der Waals surface area contributed by atoms with Gasteiger partial charge in [0.05, 0.1) is 18.0 Å². The molecule has 19 heavy (non-hydrogen) atoms. The standard InChI is InChI=1S/C16H17NO2/c1-2-19-16(18)12-7-8-15-13(10-12)9-11-5-3-4-6-14(11)17-15/h3-6,9,12H,2,7-8,10H2,1H3/t12-/m0/s1. The third kappa shape index (κ3) is 2.33. The van der Waals surface area contributed by atoms with E-state index < -0.39 is 0 Å². The van der Waals surface area contributed by atoms with Crippen LogP contribution in [0.15, 0.2) is 30.3 Å². The van der Waals surface area contributed by atoms with Gasteiger partial charge in [-0.3, -0.25) is 9.78 Å². The van der Waals surface area contributed by atoms with Crippen molar-refractivity contribution >= 4 is 16.9 Å². The quantitative estimate of drug-likeness (QED) is 0.774. The zero-order valence-corrected chi connectivity index (χ0v) is 11.1. The number of aryl methyl sites for hydroxylation is 1. The third-order valence-corrected chi connectivity index (χ3v) is 3.71. The molecule has 1 aromatic carbocycles. The van der Waals surface area contributed by atoms with Crippen LogP contribution < -0.4 is 0 Å². The smallest absolute Gasteiger partial charge is 0.309 e. The Bertz CT molecular complexity index is 621. The average molecular weight is 255 g/mol. The second-order valence-corrected chi connectivity index (χ2v) is 4.98. The zero-order valence-electron chi connectivity index (χ0n) is 11.1. The molecule has 0 unspecified atom stereocenters. The van der Waals surface area contributed by atoms with Gasteiger partial charge in [0.1, 0.15) is 0 Å². The van der Waals surface area contributed by atoms with Crippen molar-refractivity contribution in [3.63, 3.8) is 0 Å². The van der Waals surface area contributed by atoms with E-state index in [2.05, 4.69) is 12.1 Å². The normalized spacial score (nSPS) is 18.1. The summed E-state index contributed by atoms with van der Waals surface area (Å²) >= 11 is 0. The van der Waals surface area contributed by atoms with Gasteiger partial charge in [-0.1, -0.05) is 18.2 Å². The van der Waals surface area contributed by atoms with E-state index in [0.29, 0.717) is 6.61 Å². The largest absolute Gasteiger partial charge is 0.466 e. The predicted molar refractivity (Wildman–Crippen MR) is 73.9 cm³/mol. The Morgan fingerprint density at radius 1 is 1.42 bits per heavy atom. The molecule has 1 aliphatic rings. The molecule has 0 N–H and O–H groups in total.